The van der Waals surface area contributed by atoms with Gasteiger partial charge in [0.2, 0.25) is 11.5 Å². The molecule has 0 saturated carbocycles. The SMILES string of the molecule is c1ccc2c(c1)O[P+]1(O2)c2ccccc2-c2ccccc21. The van der Waals surface area contributed by atoms with Gasteiger partial charge in [0.05, 0.1) is 0 Å². The second kappa shape index (κ2) is 3.87. The Morgan fingerprint density at radius 1 is 0.524 bits per heavy atom. The first kappa shape index (κ1) is 11.4. The Balaban J connectivity index is 1.82. The van der Waals surface area contributed by atoms with Gasteiger partial charge in [0.1, 0.15) is 0 Å². The van der Waals surface area contributed by atoms with Gasteiger partial charge in [-0.05, 0) is 36.4 Å². The lowest BCUT2D eigenvalue weighted by Crippen LogP contribution is -2.22. The number of para-hydroxylation sites is 2. The van der Waals surface area contributed by atoms with E-state index >= 15 is 0 Å². The van der Waals surface area contributed by atoms with E-state index in [2.05, 4.69) is 48.5 Å². The van der Waals surface area contributed by atoms with Crippen LogP contribution in [-0.2, 0) is 0 Å². The van der Waals surface area contributed by atoms with Crippen molar-refractivity contribution in [1.29, 1.82) is 0 Å². The van der Waals surface area contributed by atoms with Crippen molar-refractivity contribution in [1.82, 2.24) is 0 Å². The Kier molecular flexibility index (Phi) is 2.09. The second-order valence-corrected chi connectivity index (χ2v) is 7.65. The maximum absolute atomic E-state index is 6.40. The molecule has 0 aromatic heterocycles. The van der Waals surface area contributed by atoms with Crippen molar-refractivity contribution < 1.29 is 9.05 Å². The summed E-state index contributed by atoms with van der Waals surface area (Å²) >= 11 is 0. The van der Waals surface area contributed by atoms with Crippen LogP contribution in [0.15, 0.2) is 72.8 Å². The molecule has 0 bridgehead atoms. The lowest BCUT2D eigenvalue weighted by atomic mass is 10.1. The van der Waals surface area contributed by atoms with Crippen molar-refractivity contribution in [3.63, 3.8) is 0 Å². The Hall–Kier alpha value is -2.31. The van der Waals surface area contributed by atoms with Crippen LogP contribution in [0.3, 0.4) is 0 Å². The van der Waals surface area contributed by atoms with Gasteiger partial charge in [-0.15, -0.1) is 0 Å². The van der Waals surface area contributed by atoms with Crippen LogP contribution in [0.5, 0.6) is 11.5 Å². The summed E-state index contributed by atoms with van der Waals surface area (Å²) in [6.45, 7) is 0. The summed E-state index contributed by atoms with van der Waals surface area (Å²) in [5.74, 6) is 1.69. The molecular weight excluding hydrogens is 279 g/mol. The summed E-state index contributed by atoms with van der Waals surface area (Å²) in [6, 6.07) is 24.8. The van der Waals surface area contributed by atoms with Gasteiger partial charge in [0, 0.05) is 11.1 Å². The second-order valence-electron chi connectivity index (χ2n) is 5.22. The zero-order valence-corrected chi connectivity index (χ0v) is 12.1. The lowest BCUT2D eigenvalue weighted by Gasteiger charge is -2.13. The first-order valence-corrected chi connectivity index (χ1v) is 8.58. The van der Waals surface area contributed by atoms with Crippen LogP contribution in [0, 0.1) is 0 Å². The zero-order chi connectivity index (χ0) is 13.9. The Morgan fingerprint density at radius 2 is 0.952 bits per heavy atom. The summed E-state index contributed by atoms with van der Waals surface area (Å²) in [5.41, 5.74) is 2.46. The molecule has 1 spiro atoms. The molecule has 0 unspecified atom stereocenters. The van der Waals surface area contributed by atoms with Crippen LogP contribution in [-0.4, -0.2) is 0 Å². The average Bonchev–Trinajstić information content (AvgIpc) is 3.06. The quantitative estimate of drug-likeness (QED) is 0.584. The highest BCUT2D eigenvalue weighted by molar-refractivity contribution is 7.83. The molecule has 0 amide bonds. The number of hydrogen-bond donors (Lipinski definition) is 0. The van der Waals surface area contributed by atoms with E-state index in [4.69, 9.17) is 9.05 Å². The van der Waals surface area contributed by atoms with Crippen LogP contribution >= 0.6 is 7.72 Å². The van der Waals surface area contributed by atoms with E-state index in [9.17, 15) is 0 Å². The summed E-state index contributed by atoms with van der Waals surface area (Å²) in [5, 5.41) is 2.37. The smallest absolute Gasteiger partial charge is 0.294 e. The van der Waals surface area contributed by atoms with E-state index in [1.807, 2.05) is 24.3 Å². The van der Waals surface area contributed by atoms with E-state index in [-0.39, 0.29) is 0 Å². The molecule has 0 radical (unpaired) electrons. The normalized spacial score (nSPS) is 15.8. The molecular formula is C18H12O2P+. The zero-order valence-electron chi connectivity index (χ0n) is 11.2. The van der Waals surface area contributed by atoms with Crippen molar-refractivity contribution in [2.45, 2.75) is 0 Å². The number of benzene rings is 3. The number of fused-ring (bicyclic) bond motifs is 6. The van der Waals surface area contributed by atoms with E-state index in [1.54, 1.807) is 0 Å². The highest BCUT2D eigenvalue weighted by Gasteiger charge is 2.62. The third-order valence-corrected chi connectivity index (χ3v) is 6.99. The summed E-state index contributed by atoms with van der Waals surface area (Å²) in [7, 11) is -2.26. The molecule has 0 N–H and O–H groups in total. The largest absolute Gasteiger partial charge is 0.430 e. The molecule has 0 fully saturated rings. The van der Waals surface area contributed by atoms with Crippen LogP contribution in [0.1, 0.15) is 0 Å². The maximum atomic E-state index is 6.40. The fraction of sp³-hybridized carbons (Fsp3) is 0. The fourth-order valence-electron chi connectivity index (χ4n) is 3.14. The molecule has 0 saturated heterocycles. The van der Waals surface area contributed by atoms with Crippen molar-refractivity contribution in [2.24, 2.45) is 0 Å². The molecule has 21 heavy (non-hydrogen) atoms. The van der Waals surface area contributed by atoms with Crippen LogP contribution in [0.2, 0.25) is 0 Å². The summed E-state index contributed by atoms with van der Waals surface area (Å²) in [4.78, 5) is 0. The van der Waals surface area contributed by atoms with E-state index in [1.165, 1.54) is 21.7 Å². The molecule has 3 aromatic rings. The predicted molar refractivity (Wildman–Crippen MR) is 85.8 cm³/mol. The molecule has 0 aliphatic carbocycles. The molecule has 3 heteroatoms. The van der Waals surface area contributed by atoms with Gasteiger partial charge in [0.25, 0.3) is 0 Å². The first-order chi connectivity index (χ1) is 10.4. The van der Waals surface area contributed by atoms with Gasteiger partial charge in [-0.1, -0.05) is 36.4 Å². The molecule has 2 heterocycles. The van der Waals surface area contributed by atoms with Crippen molar-refractivity contribution >= 4 is 18.3 Å². The number of hydrogen-bond acceptors (Lipinski definition) is 2. The van der Waals surface area contributed by atoms with E-state index < -0.39 is 7.72 Å². The minimum Gasteiger partial charge on any atom is -0.294 e. The van der Waals surface area contributed by atoms with Crippen LogP contribution in [0.4, 0.5) is 0 Å². The van der Waals surface area contributed by atoms with Gasteiger partial charge in [0.15, 0.2) is 10.6 Å². The van der Waals surface area contributed by atoms with Crippen LogP contribution < -0.4 is 19.7 Å². The molecule has 5 rings (SSSR count). The van der Waals surface area contributed by atoms with Crippen molar-refractivity contribution in [3.05, 3.63) is 72.8 Å². The van der Waals surface area contributed by atoms with Crippen molar-refractivity contribution in [2.75, 3.05) is 0 Å². The monoisotopic (exact) mass is 291 g/mol. The molecule has 2 nitrogen and oxygen atoms in total. The molecule has 2 aliphatic heterocycles. The number of rotatable bonds is 0. The van der Waals surface area contributed by atoms with Gasteiger partial charge < -0.3 is 0 Å². The Morgan fingerprint density at radius 3 is 1.48 bits per heavy atom. The molecule has 0 atom stereocenters. The van der Waals surface area contributed by atoms with Crippen LogP contribution in [0.25, 0.3) is 11.1 Å². The Bertz CT molecular complexity index is 800. The molecule has 3 aromatic carbocycles. The predicted octanol–water partition coefficient (Wildman–Crippen LogP) is 3.94. The third-order valence-electron chi connectivity index (χ3n) is 4.04. The summed E-state index contributed by atoms with van der Waals surface area (Å²) < 4.78 is 12.8. The van der Waals surface area contributed by atoms with Gasteiger partial charge in [-0.3, -0.25) is 9.05 Å². The first-order valence-electron chi connectivity index (χ1n) is 6.95. The van der Waals surface area contributed by atoms with Gasteiger partial charge in [-0.2, -0.15) is 0 Å². The standard InChI is InChI=1S/C18H12O2P/c1-5-11-17-13(7-1)14-8-2-6-12-18(14)21(17)19-15-9-3-4-10-16(15)20-21/h1-12H/q+1. The van der Waals surface area contributed by atoms with E-state index in [0.29, 0.717) is 0 Å². The van der Waals surface area contributed by atoms with Gasteiger partial charge in [-0.25, -0.2) is 0 Å². The lowest BCUT2D eigenvalue weighted by molar-refractivity contribution is 0.571. The highest BCUT2D eigenvalue weighted by Crippen LogP contribution is 2.69. The fourth-order valence-corrected chi connectivity index (χ4v) is 6.27. The van der Waals surface area contributed by atoms with Crippen molar-refractivity contribution in [3.8, 4) is 22.6 Å². The Labute approximate surface area is 123 Å². The molecule has 2 aliphatic rings. The topological polar surface area (TPSA) is 18.5 Å². The minimum atomic E-state index is -2.26. The van der Waals surface area contributed by atoms with Gasteiger partial charge >= 0.3 is 7.72 Å². The molecule has 100 valence electrons. The average molecular weight is 291 g/mol. The maximum Gasteiger partial charge on any atom is 0.430 e. The van der Waals surface area contributed by atoms with E-state index in [0.717, 1.165) is 11.5 Å². The summed E-state index contributed by atoms with van der Waals surface area (Å²) in [6.07, 6.45) is 0. The highest BCUT2D eigenvalue weighted by atomic mass is 31.2. The minimum absolute atomic E-state index is 0.845. The third kappa shape index (κ3) is 1.36.